The molecule has 22 heavy (non-hydrogen) atoms. The Morgan fingerprint density at radius 2 is 1.82 bits per heavy atom. The molecule has 1 amide bonds. The average molecular weight is 322 g/mol. The van der Waals surface area contributed by atoms with Crippen LogP contribution < -0.4 is 4.74 Å². The minimum atomic E-state index is -0.711. The third-order valence-electron chi connectivity index (χ3n) is 3.19. The Balaban J connectivity index is 1.82. The van der Waals surface area contributed by atoms with Gasteiger partial charge in [0, 0.05) is 7.05 Å². The van der Waals surface area contributed by atoms with Crippen LogP contribution in [0.1, 0.15) is 10.9 Å². The van der Waals surface area contributed by atoms with E-state index in [9.17, 15) is 9.18 Å². The van der Waals surface area contributed by atoms with Gasteiger partial charge in [-0.3, -0.25) is 4.79 Å². The fourth-order valence-electron chi connectivity index (χ4n) is 1.90. The Morgan fingerprint density at radius 1 is 1.18 bits per heavy atom. The Kier molecular flexibility index (Phi) is 5.78. The topological polar surface area (TPSA) is 29.5 Å². The largest absolute Gasteiger partial charge is 0.492 e. The maximum absolute atomic E-state index is 12.8. The number of halogens is 2. The number of hydrogen-bond acceptors (Lipinski definition) is 2. The molecule has 0 spiro atoms. The zero-order chi connectivity index (χ0) is 15.9. The maximum atomic E-state index is 12.8. The summed E-state index contributed by atoms with van der Waals surface area (Å²) in [6.45, 7) is 0.707. The molecule has 0 aliphatic carbocycles. The molecule has 0 aliphatic heterocycles. The lowest BCUT2D eigenvalue weighted by Gasteiger charge is -2.20. The highest BCUT2D eigenvalue weighted by atomic mass is 35.5. The van der Waals surface area contributed by atoms with E-state index in [0.29, 0.717) is 18.9 Å². The van der Waals surface area contributed by atoms with Crippen LogP contribution in [0.25, 0.3) is 0 Å². The molecule has 0 aromatic heterocycles. The molecule has 2 rings (SSSR count). The number of benzene rings is 2. The summed E-state index contributed by atoms with van der Waals surface area (Å²) in [7, 11) is 1.68. The summed E-state index contributed by atoms with van der Waals surface area (Å²) in [5.41, 5.74) is 0.764. The number of carbonyl (C=O) groups excluding carboxylic acids is 1. The molecule has 5 heteroatoms. The highest BCUT2D eigenvalue weighted by Crippen LogP contribution is 2.22. The molecule has 0 saturated heterocycles. The molecule has 1 unspecified atom stereocenters. The van der Waals surface area contributed by atoms with Gasteiger partial charge < -0.3 is 9.64 Å². The Morgan fingerprint density at radius 3 is 2.45 bits per heavy atom. The standard InChI is InChI=1S/C17H17ClFNO2/c1-20(11-12-22-15-9-7-14(19)8-10-15)17(21)16(18)13-5-3-2-4-6-13/h2-10,16H,11-12H2,1H3. The van der Waals surface area contributed by atoms with Crippen molar-refractivity contribution < 1.29 is 13.9 Å². The van der Waals surface area contributed by atoms with Gasteiger partial charge in [0.25, 0.3) is 0 Å². The van der Waals surface area contributed by atoms with Crippen molar-refractivity contribution in [3.05, 3.63) is 66.0 Å². The molecule has 0 bridgehead atoms. The minimum Gasteiger partial charge on any atom is -0.492 e. The average Bonchev–Trinajstić information content (AvgIpc) is 2.56. The molecule has 2 aromatic carbocycles. The number of carbonyl (C=O) groups is 1. The van der Waals surface area contributed by atoms with Crippen LogP contribution in [0.4, 0.5) is 4.39 Å². The van der Waals surface area contributed by atoms with E-state index in [1.165, 1.54) is 17.0 Å². The van der Waals surface area contributed by atoms with E-state index in [0.717, 1.165) is 5.56 Å². The minimum absolute atomic E-state index is 0.185. The lowest BCUT2D eigenvalue weighted by molar-refractivity contribution is -0.129. The predicted molar refractivity (Wildman–Crippen MR) is 84.6 cm³/mol. The fourth-order valence-corrected chi connectivity index (χ4v) is 2.21. The van der Waals surface area contributed by atoms with Crippen LogP contribution in [-0.4, -0.2) is 31.0 Å². The van der Waals surface area contributed by atoms with E-state index in [1.807, 2.05) is 30.3 Å². The first-order chi connectivity index (χ1) is 10.6. The third kappa shape index (κ3) is 4.46. The molecular weight excluding hydrogens is 305 g/mol. The van der Waals surface area contributed by atoms with Crippen LogP contribution in [0.3, 0.4) is 0 Å². The third-order valence-corrected chi connectivity index (χ3v) is 3.63. The van der Waals surface area contributed by atoms with Crippen molar-refractivity contribution in [3.63, 3.8) is 0 Å². The molecule has 116 valence electrons. The molecule has 0 radical (unpaired) electrons. The van der Waals surface area contributed by atoms with Gasteiger partial charge in [-0.2, -0.15) is 0 Å². The van der Waals surface area contributed by atoms with Gasteiger partial charge in [-0.25, -0.2) is 4.39 Å². The van der Waals surface area contributed by atoms with Crippen molar-refractivity contribution in [1.29, 1.82) is 0 Å². The maximum Gasteiger partial charge on any atom is 0.245 e. The van der Waals surface area contributed by atoms with Crippen LogP contribution in [0.2, 0.25) is 0 Å². The fraction of sp³-hybridized carbons (Fsp3) is 0.235. The van der Waals surface area contributed by atoms with E-state index in [-0.39, 0.29) is 11.7 Å². The molecule has 1 atom stereocenters. The van der Waals surface area contributed by atoms with Gasteiger partial charge in [0.15, 0.2) is 0 Å². The summed E-state index contributed by atoms with van der Waals surface area (Å²) in [6.07, 6.45) is 0. The number of rotatable bonds is 6. The molecular formula is C17H17ClFNO2. The lowest BCUT2D eigenvalue weighted by Crippen LogP contribution is -2.33. The number of nitrogens with zero attached hydrogens (tertiary/aromatic N) is 1. The second-order valence-electron chi connectivity index (χ2n) is 4.84. The first-order valence-electron chi connectivity index (χ1n) is 6.90. The van der Waals surface area contributed by atoms with Crippen LogP contribution in [-0.2, 0) is 4.79 Å². The molecule has 3 nitrogen and oxygen atoms in total. The number of alkyl halides is 1. The van der Waals surface area contributed by atoms with Crippen LogP contribution >= 0.6 is 11.6 Å². The summed E-state index contributed by atoms with van der Waals surface area (Å²) < 4.78 is 18.2. The monoisotopic (exact) mass is 321 g/mol. The highest BCUT2D eigenvalue weighted by molar-refractivity contribution is 6.30. The Labute approximate surface area is 134 Å². The van der Waals surface area contributed by atoms with Gasteiger partial charge in [0.05, 0.1) is 6.54 Å². The van der Waals surface area contributed by atoms with E-state index in [4.69, 9.17) is 16.3 Å². The SMILES string of the molecule is CN(CCOc1ccc(F)cc1)C(=O)C(Cl)c1ccccc1. The number of hydrogen-bond donors (Lipinski definition) is 0. The van der Waals surface area contributed by atoms with Gasteiger partial charge in [-0.1, -0.05) is 30.3 Å². The van der Waals surface area contributed by atoms with E-state index < -0.39 is 5.38 Å². The van der Waals surface area contributed by atoms with Crippen molar-refractivity contribution in [2.75, 3.05) is 20.2 Å². The molecule has 0 fully saturated rings. The van der Waals surface area contributed by atoms with Gasteiger partial charge in [0.1, 0.15) is 23.6 Å². The van der Waals surface area contributed by atoms with Gasteiger partial charge in [-0.05, 0) is 29.8 Å². The molecule has 2 aromatic rings. The zero-order valence-corrected chi connectivity index (χ0v) is 13.0. The predicted octanol–water partition coefficient (Wildman–Crippen LogP) is 3.64. The van der Waals surface area contributed by atoms with Crippen LogP contribution in [0.5, 0.6) is 5.75 Å². The summed E-state index contributed by atoms with van der Waals surface area (Å²) >= 11 is 6.19. The number of ether oxygens (including phenoxy) is 1. The normalized spacial score (nSPS) is 11.8. The van der Waals surface area contributed by atoms with E-state index in [1.54, 1.807) is 19.2 Å². The quantitative estimate of drug-likeness (QED) is 0.760. The molecule has 0 N–H and O–H groups in total. The zero-order valence-electron chi connectivity index (χ0n) is 12.2. The van der Waals surface area contributed by atoms with Crippen molar-refractivity contribution in [3.8, 4) is 5.75 Å². The van der Waals surface area contributed by atoms with Crippen molar-refractivity contribution in [2.24, 2.45) is 0 Å². The summed E-state index contributed by atoms with van der Waals surface area (Å²) in [5.74, 6) is 0.0655. The Bertz CT molecular complexity index is 604. The highest BCUT2D eigenvalue weighted by Gasteiger charge is 2.21. The van der Waals surface area contributed by atoms with Crippen molar-refractivity contribution in [2.45, 2.75) is 5.38 Å². The second-order valence-corrected chi connectivity index (χ2v) is 5.27. The van der Waals surface area contributed by atoms with E-state index >= 15 is 0 Å². The van der Waals surface area contributed by atoms with Gasteiger partial charge >= 0.3 is 0 Å². The summed E-state index contributed by atoms with van der Waals surface area (Å²) in [4.78, 5) is 13.7. The summed E-state index contributed by atoms with van der Waals surface area (Å²) in [6, 6.07) is 14.9. The summed E-state index contributed by atoms with van der Waals surface area (Å²) in [5, 5.41) is -0.711. The van der Waals surface area contributed by atoms with E-state index in [2.05, 4.69) is 0 Å². The van der Waals surface area contributed by atoms with Gasteiger partial charge in [-0.15, -0.1) is 11.6 Å². The first kappa shape index (κ1) is 16.3. The van der Waals surface area contributed by atoms with Gasteiger partial charge in [0.2, 0.25) is 5.91 Å². The van der Waals surface area contributed by atoms with Crippen LogP contribution in [0, 0.1) is 5.82 Å². The molecule has 0 aliphatic rings. The molecule has 0 saturated carbocycles. The second kappa shape index (κ2) is 7.80. The number of likely N-dealkylation sites (N-methyl/N-ethyl adjacent to an activating group) is 1. The van der Waals surface area contributed by atoms with Crippen molar-refractivity contribution >= 4 is 17.5 Å². The first-order valence-corrected chi connectivity index (χ1v) is 7.34. The van der Waals surface area contributed by atoms with Crippen molar-refractivity contribution in [1.82, 2.24) is 4.90 Å². The van der Waals surface area contributed by atoms with Crippen LogP contribution in [0.15, 0.2) is 54.6 Å². The smallest absolute Gasteiger partial charge is 0.245 e. The lowest BCUT2D eigenvalue weighted by atomic mass is 10.1. The molecule has 0 heterocycles. The Hall–Kier alpha value is -2.07. The number of amides is 1.